The van der Waals surface area contributed by atoms with Gasteiger partial charge in [0.15, 0.2) is 0 Å². The van der Waals surface area contributed by atoms with Crippen LogP contribution < -0.4 is 5.32 Å². The molecule has 1 atom stereocenters. The summed E-state index contributed by atoms with van der Waals surface area (Å²) in [6, 6.07) is -0.903. The maximum atomic E-state index is 11.6. The Morgan fingerprint density at radius 3 is 2.83 bits per heavy atom. The molecule has 0 aliphatic carbocycles. The van der Waals surface area contributed by atoms with Crippen LogP contribution in [-0.4, -0.2) is 19.2 Å². The van der Waals surface area contributed by atoms with E-state index in [1.54, 1.807) is 0 Å². The molecule has 0 aromatic rings. The third kappa shape index (κ3) is 0.522. The van der Waals surface area contributed by atoms with Gasteiger partial charge in [-0.05, 0) is 13.0 Å². The first kappa shape index (κ1) is 2.97. The van der Waals surface area contributed by atoms with Gasteiger partial charge in [-0.25, -0.2) is 4.39 Å². The van der Waals surface area contributed by atoms with E-state index in [1.165, 1.54) is 0 Å². The number of hydrogen-bond donors (Lipinski definition) is 1. The van der Waals surface area contributed by atoms with Crippen molar-refractivity contribution in [1.82, 2.24) is 5.32 Å². The zero-order valence-electron chi connectivity index (χ0n) is 4.50. The molecule has 1 aliphatic heterocycles. The molecular formula is C4H8FN. The number of halogens is 1. The molecule has 1 fully saturated rings. The van der Waals surface area contributed by atoms with Crippen LogP contribution in [0, 0.1) is 0 Å². The van der Waals surface area contributed by atoms with Crippen molar-refractivity contribution < 1.29 is 5.76 Å². The normalized spacial score (nSPS) is 47.2. The second kappa shape index (κ2) is 1.56. The van der Waals surface area contributed by atoms with E-state index < -0.39 is 12.7 Å². The van der Waals surface area contributed by atoms with Crippen LogP contribution in [0.5, 0.6) is 0 Å². The second-order valence-corrected chi connectivity index (χ2v) is 1.41. The van der Waals surface area contributed by atoms with E-state index in [-0.39, 0.29) is 0 Å². The molecule has 1 heterocycles. The fourth-order valence-corrected chi connectivity index (χ4v) is 0.416. The highest BCUT2D eigenvalue weighted by molar-refractivity contribution is 4.75. The van der Waals surface area contributed by atoms with Crippen molar-refractivity contribution in [3.63, 3.8) is 0 Å². The third-order valence-electron chi connectivity index (χ3n) is 0.963. The molecule has 0 bridgehead atoms. The summed E-state index contributed by atoms with van der Waals surface area (Å²) in [5.74, 6) is 0. The first-order valence-corrected chi connectivity index (χ1v) is 2.08. The highest BCUT2D eigenvalue weighted by Gasteiger charge is 2.14. The molecule has 0 radical (unpaired) electrons. The van der Waals surface area contributed by atoms with Gasteiger partial charge in [0.25, 0.3) is 0 Å². The predicted molar refractivity (Wildman–Crippen MR) is 22.4 cm³/mol. The Labute approximate surface area is 37.9 Å². The lowest BCUT2D eigenvalue weighted by Crippen LogP contribution is -2.44. The summed E-state index contributed by atoms with van der Waals surface area (Å²) >= 11 is 0. The average molecular weight is 90.1 g/mol. The highest BCUT2D eigenvalue weighted by atomic mass is 19.1. The number of alkyl halides is 1. The summed E-state index contributed by atoms with van der Waals surface area (Å²) in [6.07, 6.45) is 0.656. The summed E-state index contributed by atoms with van der Waals surface area (Å²) in [6.45, 7) is 0.237. The standard InChI is InChI=1S/C4H8FN/c5-3-4-1-2-6-4/h4,6H,1-3H2/i4D. The fraction of sp³-hybridized carbons (Fsp3) is 1.00. The monoisotopic (exact) mass is 90.1 g/mol. The van der Waals surface area contributed by atoms with Crippen LogP contribution in [0.25, 0.3) is 0 Å². The van der Waals surface area contributed by atoms with E-state index in [0.29, 0.717) is 6.42 Å². The summed E-state index contributed by atoms with van der Waals surface area (Å²) in [4.78, 5) is 0. The van der Waals surface area contributed by atoms with Gasteiger partial charge in [-0.1, -0.05) is 0 Å². The van der Waals surface area contributed by atoms with Crippen LogP contribution in [0.15, 0.2) is 0 Å². The molecule has 1 nitrogen and oxygen atoms in total. The van der Waals surface area contributed by atoms with E-state index in [2.05, 4.69) is 5.32 Å². The third-order valence-corrected chi connectivity index (χ3v) is 0.963. The molecule has 1 aliphatic rings. The Morgan fingerprint density at radius 1 is 2.17 bits per heavy atom. The smallest absolute Gasteiger partial charge is 0.105 e. The lowest BCUT2D eigenvalue weighted by atomic mass is 10.1. The average Bonchev–Trinajstić information content (AvgIpc) is 1.61. The van der Waals surface area contributed by atoms with Gasteiger partial charge >= 0.3 is 0 Å². The van der Waals surface area contributed by atoms with Gasteiger partial charge in [0, 0.05) is 7.39 Å². The zero-order chi connectivity index (χ0) is 5.33. The molecule has 0 amide bonds. The van der Waals surface area contributed by atoms with Crippen molar-refractivity contribution >= 4 is 0 Å². The Hall–Kier alpha value is -0.110. The molecule has 0 aromatic heterocycles. The fourth-order valence-electron chi connectivity index (χ4n) is 0.416. The molecule has 1 rings (SSSR count). The van der Waals surface area contributed by atoms with Crippen LogP contribution in [0.4, 0.5) is 4.39 Å². The predicted octanol–water partition coefficient (Wildman–Crippen LogP) is 0.318. The van der Waals surface area contributed by atoms with E-state index in [4.69, 9.17) is 1.37 Å². The highest BCUT2D eigenvalue weighted by Crippen LogP contribution is 2.00. The van der Waals surface area contributed by atoms with Crippen LogP contribution in [0.3, 0.4) is 0 Å². The minimum Gasteiger partial charge on any atom is -0.311 e. The van der Waals surface area contributed by atoms with E-state index >= 15 is 0 Å². The minimum atomic E-state index is -0.903. The zero-order valence-corrected chi connectivity index (χ0v) is 3.50. The maximum absolute atomic E-state index is 11.6. The summed E-state index contributed by atoms with van der Waals surface area (Å²) in [5.41, 5.74) is 0. The van der Waals surface area contributed by atoms with Gasteiger partial charge in [0.1, 0.15) is 6.67 Å². The Balaban J connectivity index is 2.29. The first-order chi connectivity index (χ1) is 3.27. The molecule has 36 valence electrons. The largest absolute Gasteiger partial charge is 0.311 e. The van der Waals surface area contributed by atoms with E-state index in [1.807, 2.05) is 0 Å². The molecule has 1 N–H and O–H groups in total. The number of hydrogen-bond acceptors (Lipinski definition) is 1. The van der Waals surface area contributed by atoms with Crippen LogP contribution in [0.1, 0.15) is 7.79 Å². The number of nitrogens with one attached hydrogen (secondary N) is 1. The summed E-state index contributed by atoms with van der Waals surface area (Å²) in [7, 11) is 0. The van der Waals surface area contributed by atoms with E-state index in [9.17, 15) is 4.39 Å². The van der Waals surface area contributed by atoms with Crippen LogP contribution >= 0.6 is 0 Å². The maximum Gasteiger partial charge on any atom is 0.105 e. The van der Waals surface area contributed by atoms with Gasteiger partial charge in [0.2, 0.25) is 0 Å². The van der Waals surface area contributed by atoms with Gasteiger partial charge in [-0.3, -0.25) is 0 Å². The minimum absolute atomic E-state index is 0.562. The molecule has 1 saturated heterocycles. The Morgan fingerprint density at radius 2 is 2.83 bits per heavy atom. The van der Waals surface area contributed by atoms with Crippen molar-refractivity contribution in [3.8, 4) is 0 Å². The Kier molecular flexibility index (Phi) is 0.771. The van der Waals surface area contributed by atoms with Crippen molar-refractivity contribution in [2.24, 2.45) is 0 Å². The Bertz CT molecular complexity index is 66.6. The molecule has 1 unspecified atom stereocenters. The summed E-state index contributed by atoms with van der Waals surface area (Å²) < 4.78 is 18.6. The molecular weight excluding hydrogens is 81.0 g/mol. The topological polar surface area (TPSA) is 12.0 Å². The molecule has 0 saturated carbocycles. The molecule has 0 aromatic carbocycles. The van der Waals surface area contributed by atoms with Crippen molar-refractivity contribution in [3.05, 3.63) is 0 Å². The summed E-state index contributed by atoms with van der Waals surface area (Å²) in [5, 5.41) is 2.66. The molecule has 6 heavy (non-hydrogen) atoms. The van der Waals surface area contributed by atoms with Crippen LogP contribution in [-0.2, 0) is 0 Å². The van der Waals surface area contributed by atoms with Crippen molar-refractivity contribution in [2.45, 2.75) is 12.4 Å². The van der Waals surface area contributed by atoms with Crippen molar-refractivity contribution in [1.29, 1.82) is 0 Å². The van der Waals surface area contributed by atoms with E-state index in [0.717, 1.165) is 6.54 Å². The van der Waals surface area contributed by atoms with Gasteiger partial charge in [-0.15, -0.1) is 0 Å². The quantitative estimate of drug-likeness (QED) is 0.489. The second-order valence-electron chi connectivity index (χ2n) is 1.41. The lowest BCUT2D eigenvalue weighted by Gasteiger charge is -2.23. The SMILES string of the molecule is [2H]C1(CF)CCN1. The van der Waals surface area contributed by atoms with Gasteiger partial charge in [-0.2, -0.15) is 0 Å². The molecule has 2 heteroatoms. The first-order valence-electron chi connectivity index (χ1n) is 2.58. The van der Waals surface area contributed by atoms with Gasteiger partial charge in [0.05, 0.1) is 0 Å². The van der Waals surface area contributed by atoms with Gasteiger partial charge < -0.3 is 5.32 Å². The van der Waals surface area contributed by atoms with Crippen molar-refractivity contribution in [2.75, 3.05) is 13.2 Å². The lowest BCUT2D eigenvalue weighted by molar-refractivity contribution is 0.291. The molecule has 0 spiro atoms. The van der Waals surface area contributed by atoms with Crippen LogP contribution in [0.2, 0.25) is 0 Å². The number of rotatable bonds is 1.